The zero-order valence-corrected chi connectivity index (χ0v) is 20.3. The van der Waals surface area contributed by atoms with Crippen molar-refractivity contribution in [3.05, 3.63) is 95.6 Å². The molecule has 0 amide bonds. The van der Waals surface area contributed by atoms with E-state index in [1.165, 1.54) is 0 Å². The molecule has 7 rings (SSSR count). The smallest absolute Gasteiger partial charge is 0.119 e. The fraction of sp³-hybridized carbons (Fsp3) is 0.355. The van der Waals surface area contributed by atoms with E-state index in [9.17, 15) is 15.3 Å². The average Bonchev–Trinajstić information content (AvgIpc) is 3.77. The fourth-order valence-corrected chi connectivity index (χ4v) is 6.41. The first kappa shape index (κ1) is 23.3. The first-order valence-corrected chi connectivity index (χ1v) is 13.0. The predicted octanol–water partition coefficient (Wildman–Crippen LogP) is 4.42. The molecular formula is C31H33NO4. The number of hydrogen-bond acceptors (Lipinski definition) is 5. The molecule has 186 valence electrons. The lowest BCUT2D eigenvalue weighted by molar-refractivity contribution is 0.136. The van der Waals surface area contributed by atoms with Crippen LogP contribution in [0.3, 0.4) is 0 Å². The van der Waals surface area contributed by atoms with E-state index >= 15 is 0 Å². The highest BCUT2D eigenvalue weighted by Gasteiger charge is 2.83. The van der Waals surface area contributed by atoms with Crippen LogP contribution < -0.4 is 4.74 Å². The number of allylic oxidation sites excluding steroid dienone is 1. The number of aromatic hydroxyl groups is 1. The Morgan fingerprint density at radius 1 is 0.778 bits per heavy atom. The van der Waals surface area contributed by atoms with Crippen molar-refractivity contribution in [2.45, 2.75) is 24.9 Å². The normalized spacial score (nSPS) is 26.3. The summed E-state index contributed by atoms with van der Waals surface area (Å²) in [7, 11) is 0. The lowest BCUT2D eigenvalue weighted by Gasteiger charge is -2.22. The van der Waals surface area contributed by atoms with Gasteiger partial charge < -0.3 is 20.1 Å². The third kappa shape index (κ3) is 4.21. The van der Waals surface area contributed by atoms with Gasteiger partial charge >= 0.3 is 0 Å². The molecule has 36 heavy (non-hydrogen) atoms. The third-order valence-electron chi connectivity index (χ3n) is 8.21. The monoisotopic (exact) mass is 483 g/mol. The molecule has 2 unspecified atom stereocenters. The lowest BCUT2D eigenvalue weighted by Crippen LogP contribution is -2.36. The number of rotatable bonds is 11. The van der Waals surface area contributed by atoms with Crippen LogP contribution >= 0.6 is 0 Å². The van der Waals surface area contributed by atoms with Gasteiger partial charge in [-0.15, -0.1) is 0 Å². The van der Waals surface area contributed by atoms with Crippen molar-refractivity contribution < 1.29 is 20.1 Å². The number of aliphatic hydroxyl groups excluding tert-OH is 2. The third-order valence-corrected chi connectivity index (χ3v) is 8.21. The fourth-order valence-electron chi connectivity index (χ4n) is 6.41. The molecule has 4 fully saturated rings. The molecule has 2 saturated carbocycles. The van der Waals surface area contributed by atoms with Crippen molar-refractivity contribution in [3.63, 3.8) is 0 Å². The number of aliphatic hydroxyl groups is 2. The van der Waals surface area contributed by atoms with Gasteiger partial charge in [0.25, 0.3) is 0 Å². The Bertz CT molecular complexity index is 1210. The van der Waals surface area contributed by atoms with Gasteiger partial charge in [0.1, 0.15) is 18.1 Å². The SMILES string of the molecule is OCCC/C(=C(\c1ccc(O)cc1)c1ccc(OCCN2C3C4[C@H]3[C@@H]4[C@H]2CO)cc1)c1ccccc1. The van der Waals surface area contributed by atoms with Gasteiger partial charge in [-0.1, -0.05) is 54.6 Å². The van der Waals surface area contributed by atoms with Crippen LogP contribution in [0.25, 0.3) is 11.1 Å². The highest BCUT2D eigenvalue weighted by Crippen LogP contribution is 2.77. The molecule has 5 atom stereocenters. The number of piperidine rings is 1. The van der Waals surface area contributed by atoms with Gasteiger partial charge in [0.2, 0.25) is 0 Å². The number of phenolic OH excluding ortho intramolecular Hbond substituents is 1. The van der Waals surface area contributed by atoms with Crippen LogP contribution in [0.4, 0.5) is 0 Å². The summed E-state index contributed by atoms with van der Waals surface area (Å²) < 4.78 is 6.10. The predicted molar refractivity (Wildman–Crippen MR) is 141 cm³/mol. The summed E-state index contributed by atoms with van der Waals surface area (Å²) >= 11 is 0. The zero-order valence-electron chi connectivity index (χ0n) is 20.3. The van der Waals surface area contributed by atoms with Crippen molar-refractivity contribution in [1.82, 2.24) is 4.90 Å². The highest BCUT2D eigenvalue weighted by molar-refractivity contribution is 5.98. The maximum Gasteiger partial charge on any atom is 0.119 e. The van der Waals surface area contributed by atoms with E-state index in [0.29, 0.717) is 25.1 Å². The molecular weight excluding hydrogens is 450 g/mol. The zero-order chi connectivity index (χ0) is 24.6. The first-order valence-electron chi connectivity index (χ1n) is 13.0. The van der Waals surface area contributed by atoms with Gasteiger partial charge in [-0.25, -0.2) is 0 Å². The van der Waals surface area contributed by atoms with Gasteiger partial charge in [0.05, 0.1) is 6.61 Å². The molecule has 2 aliphatic carbocycles. The maximum absolute atomic E-state index is 9.87. The van der Waals surface area contributed by atoms with Crippen LogP contribution in [-0.4, -0.2) is 58.7 Å². The minimum absolute atomic E-state index is 0.128. The molecule has 3 aromatic rings. The summed E-state index contributed by atoms with van der Waals surface area (Å²) in [6, 6.07) is 26.9. The molecule has 2 heterocycles. The minimum Gasteiger partial charge on any atom is -0.508 e. The van der Waals surface area contributed by atoms with E-state index < -0.39 is 0 Å². The van der Waals surface area contributed by atoms with Crippen LogP contribution in [-0.2, 0) is 0 Å². The average molecular weight is 484 g/mol. The second-order valence-corrected chi connectivity index (χ2v) is 10.2. The lowest BCUT2D eigenvalue weighted by atomic mass is 9.87. The Morgan fingerprint density at radius 3 is 2.08 bits per heavy atom. The van der Waals surface area contributed by atoms with Gasteiger partial charge in [-0.3, -0.25) is 4.90 Å². The summed E-state index contributed by atoms with van der Waals surface area (Å²) in [6.07, 6.45) is 1.41. The molecule has 0 radical (unpaired) electrons. The number of nitrogens with zero attached hydrogens (tertiary/aromatic N) is 1. The Hall–Kier alpha value is -3.12. The van der Waals surface area contributed by atoms with E-state index in [1.807, 2.05) is 42.5 Å². The number of fused-ring (bicyclic) bond motifs is 1. The van der Waals surface area contributed by atoms with Crippen LogP contribution in [0.2, 0.25) is 0 Å². The molecule has 2 saturated heterocycles. The molecule has 5 heteroatoms. The van der Waals surface area contributed by atoms with Crippen molar-refractivity contribution >= 4 is 11.1 Å². The Morgan fingerprint density at radius 2 is 1.44 bits per heavy atom. The number of ether oxygens (including phenoxy) is 1. The van der Waals surface area contributed by atoms with E-state index in [0.717, 1.165) is 64.3 Å². The van der Waals surface area contributed by atoms with E-state index in [2.05, 4.69) is 29.2 Å². The summed E-state index contributed by atoms with van der Waals surface area (Å²) in [5, 5.41) is 29.2. The molecule has 2 aliphatic heterocycles. The van der Waals surface area contributed by atoms with Crippen LogP contribution in [0, 0.1) is 17.8 Å². The van der Waals surface area contributed by atoms with Gasteiger partial charge in [0, 0.05) is 25.2 Å². The largest absolute Gasteiger partial charge is 0.508 e. The standard InChI is InChI=1S/C31H33NO4/c33-17-4-7-25(20-5-2-1-3-6-20)27(21-8-12-23(35)13-9-21)22-10-14-24(15-11-22)36-18-16-32-26(19-34)28-29-30(28)31(29)32/h1-3,5-6,8-15,26,28-31,33-35H,4,7,16-19H2/b27-25-/t26-,28-,29?,30-,31?/m1/s1. The highest BCUT2D eigenvalue weighted by atomic mass is 16.5. The van der Waals surface area contributed by atoms with Gasteiger partial charge in [-0.05, 0) is 82.7 Å². The second-order valence-electron chi connectivity index (χ2n) is 10.2. The van der Waals surface area contributed by atoms with Crippen LogP contribution in [0.1, 0.15) is 29.5 Å². The minimum atomic E-state index is 0.128. The Labute approximate surface area is 212 Å². The van der Waals surface area contributed by atoms with Crippen molar-refractivity contribution in [1.29, 1.82) is 0 Å². The number of benzene rings is 3. The molecule has 4 aliphatic rings. The summed E-state index contributed by atoms with van der Waals surface area (Å²) in [4.78, 5) is 2.45. The summed E-state index contributed by atoms with van der Waals surface area (Å²) in [6.45, 7) is 1.86. The Balaban J connectivity index is 1.24. The van der Waals surface area contributed by atoms with Gasteiger partial charge in [-0.2, -0.15) is 0 Å². The van der Waals surface area contributed by atoms with Crippen LogP contribution in [0.5, 0.6) is 11.5 Å². The number of hydrogen-bond donors (Lipinski definition) is 3. The second kappa shape index (κ2) is 9.74. The van der Waals surface area contributed by atoms with E-state index in [4.69, 9.17) is 4.74 Å². The Kier molecular flexibility index (Phi) is 6.30. The molecule has 5 nitrogen and oxygen atoms in total. The quantitative estimate of drug-likeness (QED) is 0.352. The molecule has 2 bridgehead atoms. The van der Waals surface area contributed by atoms with Crippen molar-refractivity contribution in [3.8, 4) is 11.5 Å². The van der Waals surface area contributed by atoms with E-state index in [1.54, 1.807) is 12.1 Å². The topological polar surface area (TPSA) is 73.2 Å². The maximum atomic E-state index is 9.87. The first-order chi connectivity index (χ1) is 17.7. The molecule has 3 N–H and O–H groups in total. The van der Waals surface area contributed by atoms with Crippen LogP contribution in [0.15, 0.2) is 78.9 Å². The van der Waals surface area contributed by atoms with Crippen molar-refractivity contribution in [2.75, 3.05) is 26.4 Å². The number of phenols is 1. The summed E-state index contributed by atoms with van der Waals surface area (Å²) in [5.41, 5.74) is 5.46. The molecule has 3 aromatic carbocycles. The van der Waals surface area contributed by atoms with E-state index in [-0.39, 0.29) is 19.0 Å². The summed E-state index contributed by atoms with van der Waals surface area (Å²) in [5.74, 6) is 3.53. The van der Waals surface area contributed by atoms with Gasteiger partial charge in [0.15, 0.2) is 0 Å². The van der Waals surface area contributed by atoms with Crippen molar-refractivity contribution in [2.24, 2.45) is 17.8 Å². The molecule has 0 spiro atoms. The molecule has 0 aromatic heterocycles.